The van der Waals surface area contributed by atoms with Crippen molar-refractivity contribution in [3.8, 4) is 0 Å². The Labute approximate surface area is 84.3 Å². The van der Waals surface area contributed by atoms with E-state index in [-0.39, 0.29) is 4.91 Å². The molecule has 0 radical (unpaired) electrons. The van der Waals surface area contributed by atoms with Gasteiger partial charge in [-0.2, -0.15) is 0 Å². The SMILES string of the molecule is C/C(=C(/C)S(N)(=O)=O)c1ccccc1. The molecule has 1 aromatic carbocycles. The first-order valence-corrected chi connectivity index (χ1v) is 5.73. The van der Waals surface area contributed by atoms with Crippen LogP contribution in [0.15, 0.2) is 35.2 Å². The van der Waals surface area contributed by atoms with Crippen LogP contribution < -0.4 is 5.14 Å². The quantitative estimate of drug-likeness (QED) is 0.809. The molecule has 0 spiro atoms. The summed E-state index contributed by atoms with van der Waals surface area (Å²) in [6.07, 6.45) is 0. The van der Waals surface area contributed by atoms with E-state index in [1.807, 2.05) is 30.3 Å². The van der Waals surface area contributed by atoms with Crippen LogP contribution in [0.3, 0.4) is 0 Å². The van der Waals surface area contributed by atoms with Crippen molar-refractivity contribution in [2.45, 2.75) is 13.8 Å². The molecule has 0 bridgehead atoms. The van der Waals surface area contributed by atoms with Gasteiger partial charge in [0.1, 0.15) is 0 Å². The van der Waals surface area contributed by atoms with Gasteiger partial charge in [-0.3, -0.25) is 0 Å². The number of rotatable bonds is 2. The van der Waals surface area contributed by atoms with Gasteiger partial charge in [0, 0.05) is 0 Å². The summed E-state index contributed by atoms with van der Waals surface area (Å²) in [5.41, 5.74) is 1.56. The molecule has 0 fully saturated rings. The summed E-state index contributed by atoms with van der Waals surface area (Å²) < 4.78 is 22.1. The molecule has 76 valence electrons. The Morgan fingerprint density at radius 3 is 2.07 bits per heavy atom. The van der Waals surface area contributed by atoms with E-state index >= 15 is 0 Å². The Balaban J connectivity index is 3.26. The zero-order valence-corrected chi connectivity index (χ0v) is 9.01. The van der Waals surface area contributed by atoms with Crippen molar-refractivity contribution in [1.82, 2.24) is 0 Å². The van der Waals surface area contributed by atoms with E-state index in [9.17, 15) is 8.42 Å². The van der Waals surface area contributed by atoms with Crippen LogP contribution in [0.1, 0.15) is 19.4 Å². The van der Waals surface area contributed by atoms with E-state index in [4.69, 9.17) is 5.14 Å². The van der Waals surface area contributed by atoms with Gasteiger partial charge in [-0.1, -0.05) is 30.3 Å². The van der Waals surface area contributed by atoms with Gasteiger partial charge in [-0.25, -0.2) is 13.6 Å². The van der Waals surface area contributed by atoms with E-state index < -0.39 is 10.0 Å². The Kier molecular flexibility index (Phi) is 3.08. The van der Waals surface area contributed by atoms with Gasteiger partial charge in [-0.05, 0) is 25.0 Å². The molecule has 2 N–H and O–H groups in total. The van der Waals surface area contributed by atoms with Crippen LogP contribution in [0.5, 0.6) is 0 Å². The summed E-state index contributed by atoms with van der Waals surface area (Å²) in [6, 6.07) is 9.29. The molecule has 1 rings (SSSR count). The third-order valence-corrected chi connectivity index (χ3v) is 3.32. The van der Waals surface area contributed by atoms with Crippen LogP contribution >= 0.6 is 0 Å². The third kappa shape index (κ3) is 2.43. The van der Waals surface area contributed by atoms with E-state index in [1.165, 1.54) is 6.92 Å². The lowest BCUT2D eigenvalue weighted by Gasteiger charge is -2.05. The minimum atomic E-state index is -3.57. The van der Waals surface area contributed by atoms with Crippen LogP contribution in [0.25, 0.3) is 5.57 Å². The number of hydrogen-bond donors (Lipinski definition) is 1. The average molecular weight is 211 g/mol. The third-order valence-electron chi connectivity index (χ3n) is 2.16. The second-order valence-electron chi connectivity index (χ2n) is 3.09. The van der Waals surface area contributed by atoms with Crippen molar-refractivity contribution in [3.63, 3.8) is 0 Å². The van der Waals surface area contributed by atoms with Gasteiger partial charge < -0.3 is 0 Å². The van der Waals surface area contributed by atoms with Crippen LogP contribution in [0.4, 0.5) is 0 Å². The molecular weight excluding hydrogens is 198 g/mol. The van der Waals surface area contributed by atoms with Crippen molar-refractivity contribution in [3.05, 3.63) is 40.8 Å². The maximum Gasteiger partial charge on any atom is 0.234 e. The zero-order chi connectivity index (χ0) is 10.8. The van der Waals surface area contributed by atoms with E-state index in [2.05, 4.69) is 0 Å². The summed E-state index contributed by atoms with van der Waals surface area (Å²) in [6.45, 7) is 3.26. The van der Waals surface area contributed by atoms with E-state index in [0.717, 1.165) is 5.56 Å². The second-order valence-corrected chi connectivity index (χ2v) is 4.79. The number of hydrogen-bond acceptors (Lipinski definition) is 2. The summed E-state index contributed by atoms with van der Waals surface area (Å²) in [4.78, 5) is 0.212. The molecule has 14 heavy (non-hydrogen) atoms. The highest BCUT2D eigenvalue weighted by molar-refractivity contribution is 7.93. The Hall–Kier alpha value is -1.13. The van der Waals surface area contributed by atoms with Crippen molar-refractivity contribution in [1.29, 1.82) is 0 Å². The van der Waals surface area contributed by atoms with Gasteiger partial charge in [0.2, 0.25) is 10.0 Å². The van der Waals surface area contributed by atoms with E-state index in [0.29, 0.717) is 5.57 Å². The van der Waals surface area contributed by atoms with Crippen molar-refractivity contribution >= 4 is 15.6 Å². The molecule has 0 unspecified atom stereocenters. The van der Waals surface area contributed by atoms with E-state index in [1.54, 1.807) is 6.92 Å². The Morgan fingerprint density at radius 2 is 1.64 bits per heavy atom. The number of allylic oxidation sites excluding steroid dienone is 2. The fraction of sp³-hybridized carbons (Fsp3) is 0.200. The van der Waals surface area contributed by atoms with Crippen LogP contribution in [-0.4, -0.2) is 8.42 Å². The number of benzene rings is 1. The summed E-state index contributed by atoms with van der Waals surface area (Å²) >= 11 is 0. The molecule has 0 aliphatic carbocycles. The highest BCUT2D eigenvalue weighted by Crippen LogP contribution is 2.19. The summed E-state index contributed by atoms with van der Waals surface area (Å²) in [7, 11) is -3.57. The largest absolute Gasteiger partial charge is 0.234 e. The van der Waals surface area contributed by atoms with Gasteiger partial charge in [-0.15, -0.1) is 0 Å². The van der Waals surface area contributed by atoms with Crippen LogP contribution in [-0.2, 0) is 10.0 Å². The molecule has 0 heterocycles. The molecule has 0 amide bonds. The molecule has 3 nitrogen and oxygen atoms in total. The molecule has 0 saturated heterocycles. The van der Waals surface area contributed by atoms with Gasteiger partial charge in [0.25, 0.3) is 0 Å². The first kappa shape index (κ1) is 10.9. The monoisotopic (exact) mass is 211 g/mol. The maximum atomic E-state index is 11.1. The topological polar surface area (TPSA) is 60.2 Å². The molecule has 0 atom stereocenters. The molecular formula is C10H13NO2S. The van der Waals surface area contributed by atoms with Gasteiger partial charge >= 0.3 is 0 Å². The average Bonchev–Trinajstić information content (AvgIpc) is 2.15. The Bertz CT molecular complexity index is 446. The molecule has 4 heteroatoms. The van der Waals surface area contributed by atoms with Gasteiger partial charge in [0.15, 0.2) is 0 Å². The smallest absolute Gasteiger partial charge is 0.225 e. The standard InChI is InChI=1S/C10H13NO2S/c1-8(9(2)14(11,12)13)10-6-4-3-5-7-10/h3-7H,1-2H3,(H2,11,12,13)/b9-8+. The lowest BCUT2D eigenvalue weighted by atomic mass is 10.1. The van der Waals surface area contributed by atoms with Crippen molar-refractivity contribution < 1.29 is 8.42 Å². The van der Waals surface area contributed by atoms with Crippen LogP contribution in [0, 0.1) is 0 Å². The lowest BCUT2D eigenvalue weighted by Crippen LogP contribution is -2.13. The lowest BCUT2D eigenvalue weighted by molar-refractivity contribution is 0.604. The number of primary sulfonamides is 1. The first-order chi connectivity index (χ1) is 6.43. The summed E-state index contributed by atoms with van der Waals surface area (Å²) in [5, 5.41) is 5.03. The maximum absolute atomic E-state index is 11.1. The Morgan fingerprint density at radius 1 is 1.14 bits per heavy atom. The molecule has 1 aromatic rings. The highest BCUT2D eigenvalue weighted by Gasteiger charge is 2.10. The molecule has 0 aliphatic rings. The highest BCUT2D eigenvalue weighted by atomic mass is 32.2. The van der Waals surface area contributed by atoms with Crippen LogP contribution in [0.2, 0.25) is 0 Å². The first-order valence-electron chi connectivity index (χ1n) is 4.18. The van der Waals surface area contributed by atoms with Gasteiger partial charge in [0.05, 0.1) is 4.91 Å². The predicted molar refractivity (Wildman–Crippen MR) is 57.8 cm³/mol. The number of sulfonamides is 1. The predicted octanol–water partition coefficient (Wildman–Crippen LogP) is 1.73. The van der Waals surface area contributed by atoms with Crippen molar-refractivity contribution in [2.75, 3.05) is 0 Å². The molecule has 0 aromatic heterocycles. The number of nitrogens with two attached hydrogens (primary N) is 1. The zero-order valence-electron chi connectivity index (χ0n) is 8.19. The second kappa shape index (κ2) is 3.94. The summed E-state index contributed by atoms with van der Waals surface area (Å²) in [5.74, 6) is 0. The minimum absolute atomic E-state index is 0.212. The normalized spacial score (nSPS) is 13.6. The molecule has 0 saturated carbocycles. The fourth-order valence-corrected chi connectivity index (χ4v) is 1.65. The fourth-order valence-electron chi connectivity index (χ4n) is 1.10. The van der Waals surface area contributed by atoms with Crippen molar-refractivity contribution in [2.24, 2.45) is 5.14 Å². The minimum Gasteiger partial charge on any atom is -0.225 e. The molecule has 0 aliphatic heterocycles.